The topological polar surface area (TPSA) is 39.7 Å². The van der Waals surface area contributed by atoms with Gasteiger partial charge in [0.1, 0.15) is 17.7 Å². The number of benzene rings is 1. The van der Waals surface area contributed by atoms with Crippen LogP contribution in [0, 0.1) is 5.82 Å². The van der Waals surface area contributed by atoms with Gasteiger partial charge in [-0.25, -0.2) is 4.39 Å². The molecule has 3 unspecified atom stereocenters. The van der Waals surface area contributed by atoms with Gasteiger partial charge in [0.15, 0.2) is 0 Å². The van der Waals surface area contributed by atoms with Gasteiger partial charge in [-0.3, -0.25) is 0 Å². The fourth-order valence-corrected chi connectivity index (χ4v) is 2.51. The second kappa shape index (κ2) is 6.90. The molecule has 0 radical (unpaired) electrons. The van der Waals surface area contributed by atoms with Crippen LogP contribution in [-0.2, 0) is 9.47 Å². The SMILES string of the molecule is CCOc1cc(F)ccc1NC1CC(OCC)C1OC. The number of rotatable bonds is 7. The van der Waals surface area contributed by atoms with E-state index in [0.717, 1.165) is 12.1 Å². The number of methoxy groups -OCH3 is 1. The van der Waals surface area contributed by atoms with Crippen LogP contribution in [0.3, 0.4) is 0 Å². The van der Waals surface area contributed by atoms with Crippen molar-refractivity contribution < 1.29 is 18.6 Å². The first kappa shape index (κ1) is 15.1. The summed E-state index contributed by atoms with van der Waals surface area (Å²) in [5.41, 5.74) is 0.787. The highest BCUT2D eigenvalue weighted by Gasteiger charge is 2.42. The van der Waals surface area contributed by atoms with E-state index >= 15 is 0 Å². The fraction of sp³-hybridized carbons (Fsp3) is 0.600. The molecule has 3 atom stereocenters. The summed E-state index contributed by atoms with van der Waals surface area (Å²) in [6.07, 6.45) is 1.00. The average molecular weight is 283 g/mol. The van der Waals surface area contributed by atoms with Gasteiger partial charge in [0.2, 0.25) is 0 Å². The van der Waals surface area contributed by atoms with E-state index in [0.29, 0.717) is 19.0 Å². The molecule has 0 amide bonds. The van der Waals surface area contributed by atoms with Crippen molar-refractivity contribution in [2.24, 2.45) is 0 Å². The van der Waals surface area contributed by atoms with Gasteiger partial charge >= 0.3 is 0 Å². The van der Waals surface area contributed by atoms with E-state index in [4.69, 9.17) is 14.2 Å². The molecule has 20 heavy (non-hydrogen) atoms. The highest BCUT2D eigenvalue weighted by atomic mass is 19.1. The normalized spacial score (nSPS) is 25.1. The quantitative estimate of drug-likeness (QED) is 0.835. The zero-order chi connectivity index (χ0) is 14.5. The molecule has 1 aromatic rings. The van der Waals surface area contributed by atoms with Crippen LogP contribution in [0.15, 0.2) is 18.2 Å². The van der Waals surface area contributed by atoms with Crippen LogP contribution in [0.4, 0.5) is 10.1 Å². The molecule has 0 bridgehead atoms. The summed E-state index contributed by atoms with van der Waals surface area (Å²) in [7, 11) is 1.68. The van der Waals surface area contributed by atoms with Crippen LogP contribution in [0.1, 0.15) is 20.3 Å². The molecule has 0 aromatic heterocycles. The van der Waals surface area contributed by atoms with Crippen molar-refractivity contribution in [3.8, 4) is 5.75 Å². The third kappa shape index (κ3) is 3.22. The summed E-state index contributed by atoms with van der Waals surface area (Å²) in [6, 6.07) is 4.67. The molecule has 1 aliphatic carbocycles. The number of anilines is 1. The Kier molecular flexibility index (Phi) is 5.20. The number of hydrogen-bond donors (Lipinski definition) is 1. The Bertz CT molecular complexity index is 441. The Balaban J connectivity index is 2.03. The fourth-order valence-electron chi connectivity index (χ4n) is 2.51. The minimum atomic E-state index is -0.303. The Morgan fingerprint density at radius 3 is 2.75 bits per heavy atom. The van der Waals surface area contributed by atoms with Crippen molar-refractivity contribution in [2.45, 2.75) is 38.5 Å². The largest absolute Gasteiger partial charge is 0.492 e. The number of ether oxygens (including phenoxy) is 3. The smallest absolute Gasteiger partial charge is 0.145 e. The first-order chi connectivity index (χ1) is 9.69. The van der Waals surface area contributed by atoms with Gasteiger partial charge in [0.25, 0.3) is 0 Å². The molecule has 0 heterocycles. The summed E-state index contributed by atoms with van der Waals surface area (Å²) in [4.78, 5) is 0. The van der Waals surface area contributed by atoms with Crippen molar-refractivity contribution in [1.29, 1.82) is 0 Å². The molecule has 0 aliphatic heterocycles. The number of nitrogens with one attached hydrogen (secondary N) is 1. The van der Waals surface area contributed by atoms with Crippen molar-refractivity contribution >= 4 is 5.69 Å². The summed E-state index contributed by atoms with van der Waals surface area (Å²) in [5, 5.41) is 3.35. The van der Waals surface area contributed by atoms with Gasteiger partial charge in [-0.1, -0.05) is 0 Å². The highest BCUT2D eigenvalue weighted by Crippen LogP contribution is 2.33. The number of halogens is 1. The molecular formula is C15H22FNO3. The van der Waals surface area contributed by atoms with Crippen LogP contribution in [0.25, 0.3) is 0 Å². The molecule has 1 aromatic carbocycles. The van der Waals surface area contributed by atoms with E-state index in [1.807, 2.05) is 13.8 Å². The first-order valence-corrected chi connectivity index (χ1v) is 7.02. The average Bonchev–Trinajstić information content (AvgIpc) is 2.40. The van der Waals surface area contributed by atoms with E-state index in [1.54, 1.807) is 13.2 Å². The van der Waals surface area contributed by atoms with Crippen LogP contribution in [-0.4, -0.2) is 38.6 Å². The lowest BCUT2D eigenvalue weighted by Gasteiger charge is -2.43. The van der Waals surface area contributed by atoms with E-state index < -0.39 is 0 Å². The maximum atomic E-state index is 13.3. The molecule has 5 heteroatoms. The molecule has 4 nitrogen and oxygen atoms in total. The second-order valence-electron chi connectivity index (χ2n) is 4.75. The van der Waals surface area contributed by atoms with Crippen molar-refractivity contribution in [3.05, 3.63) is 24.0 Å². The molecule has 1 saturated carbocycles. The first-order valence-electron chi connectivity index (χ1n) is 7.02. The summed E-state index contributed by atoms with van der Waals surface area (Å²) < 4.78 is 29.8. The molecule has 1 aliphatic rings. The molecule has 0 spiro atoms. The lowest BCUT2D eigenvalue weighted by atomic mass is 9.85. The third-order valence-corrected chi connectivity index (χ3v) is 3.49. The van der Waals surface area contributed by atoms with E-state index in [1.165, 1.54) is 12.1 Å². The summed E-state index contributed by atoms with van der Waals surface area (Å²) in [6.45, 7) is 5.03. The Labute approximate surface area is 119 Å². The van der Waals surface area contributed by atoms with Gasteiger partial charge in [0.05, 0.1) is 24.4 Å². The third-order valence-electron chi connectivity index (χ3n) is 3.49. The standard InChI is InChI=1S/C15H22FNO3/c1-4-19-13-8-10(16)6-7-11(13)17-12-9-14(20-5-2)15(12)18-3/h6-8,12,14-15,17H,4-5,9H2,1-3H3. The molecule has 112 valence electrons. The predicted octanol–water partition coefficient (Wildman–Crippen LogP) is 2.83. The monoisotopic (exact) mass is 283 g/mol. The zero-order valence-corrected chi connectivity index (χ0v) is 12.2. The second-order valence-corrected chi connectivity index (χ2v) is 4.75. The van der Waals surface area contributed by atoms with Crippen molar-refractivity contribution in [1.82, 2.24) is 0 Å². The Hall–Kier alpha value is -1.33. The number of hydrogen-bond acceptors (Lipinski definition) is 4. The van der Waals surface area contributed by atoms with Gasteiger partial charge in [-0.05, 0) is 32.4 Å². The van der Waals surface area contributed by atoms with Crippen LogP contribution in [0.2, 0.25) is 0 Å². The maximum absolute atomic E-state index is 13.3. The van der Waals surface area contributed by atoms with E-state index in [9.17, 15) is 4.39 Å². The van der Waals surface area contributed by atoms with Gasteiger partial charge in [-0.15, -0.1) is 0 Å². The van der Waals surface area contributed by atoms with E-state index in [2.05, 4.69) is 5.32 Å². The Morgan fingerprint density at radius 2 is 2.10 bits per heavy atom. The van der Waals surface area contributed by atoms with E-state index in [-0.39, 0.29) is 24.1 Å². The zero-order valence-electron chi connectivity index (χ0n) is 12.2. The van der Waals surface area contributed by atoms with Crippen molar-refractivity contribution in [3.63, 3.8) is 0 Å². The molecule has 2 rings (SSSR count). The lowest BCUT2D eigenvalue weighted by molar-refractivity contribution is -0.118. The van der Waals surface area contributed by atoms with Gasteiger partial charge < -0.3 is 19.5 Å². The van der Waals surface area contributed by atoms with Crippen LogP contribution >= 0.6 is 0 Å². The summed E-state index contributed by atoms with van der Waals surface area (Å²) >= 11 is 0. The van der Waals surface area contributed by atoms with Crippen molar-refractivity contribution in [2.75, 3.05) is 25.6 Å². The molecule has 1 N–H and O–H groups in total. The molecule has 0 saturated heterocycles. The van der Waals surface area contributed by atoms with Crippen LogP contribution in [0.5, 0.6) is 5.75 Å². The minimum Gasteiger partial charge on any atom is -0.492 e. The maximum Gasteiger partial charge on any atom is 0.145 e. The molecule has 1 fully saturated rings. The highest BCUT2D eigenvalue weighted by molar-refractivity contribution is 5.57. The lowest BCUT2D eigenvalue weighted by Crippen LogP contribution is -2.56. The molecular weight excluding hydrogens is 261 g/mol. The summed E-state index contributed by atoms with van der Waals surface area (Å²) in [5.74, 6) is 0.227. The van der Waals surface area contributed by atoms with Gasteiger partial charge in [0, 0.05) is 19.8 Å². The minimum absolute atomic E-state index is 0.00878. The predicted molar refractivity (Wildman–Crippen MR) is 75.8 cm³/mol. The van der Waals surface area contributed by atoms with Crippen LogP contribution < -0.4 is 10.1 Å². The Morgan fingerprint density at radius 1 is 1.30 bits per heavy atom. The van der Waals surface area contributed by atoms with Gasteiger partial charge in [-0.2, -0.15) is 0 Å².